The van der Waals surface area contributed by atoms with Crippen LogP contribution in [-0.2, 0) is 14.4 Å². The molecule has 1 spiro atoms. The van der Waals surface area contributed by atoms with E-state index in [4.69, 9.17) is 0 Å². The van der Waals surface area contributed by atoms with Crippen molar-refractivity contribution in [2.24, 2.45) is 5.92 Å². The van der Waals surface area contributed by atoms with Gasteiger partial charge in [-0.15, -0.1) is 0 Å². The van der Waals surface area contributed by atoms with Gasteiger partial charge in [0.25, 0.3) is 5.91 Å². The molecule has 5 amide bonds. The van der Waals surface area contributed by atoms with Crippen LogP contribution in [0.15, 0.2) is 24.3 Å². The second-order valence-corrected chi connectivity index (χ2v) is 9.48. The predicted octanol–water partition coefficient (Wildman–Crippen LogP) is 2.53. The Morgan fingerprint density at radius 1 is 1.22 bits per heavy atom. The molecule has 1 aromatic rings. The van der Waals surface area contributed by atoms with Gasteiger partial charge in [-0.25, -0.2) is 4.79 Å². The van der Waals surface area contributed by atoms with Crippen LogP contribution in [0, 0.1) is 5.92 Å². The highest BCUT2D eigenvalue weighted by Crippen LogP contribution is 2.35. The van der Waals surface area contributed by atoms with Crippen LogP contribution < -0.4 is 15.5 Å². The molecule has 2 heterocycles. The average Bonchev–Trinajstić information content (AvgIpc) is 3.45. The highest BCUT2D eigenvalue weighted by molar-refractivity contribution is 6.07. The van der Waals surface area contributed by atoms with Gasteiger partial charge in [0.15, 0.2) is 0 Å². The van der Waals surface area contributed by atoms with Crippen molar-refractivity contribution >= 4 is 29.4 Å². The summed E-state index contributed by atoms with van der Waals surface area (Å²) in [4.78, 5) is 53.0. The normalized spacial score (nSPS) is 22.3. The minimum atomic E-state index is -0.694. The lowest BCUT2D eigenvalue weighted by atomic mass is 9.98. The number of nitrogens with zero attached hydrogens (tertiary/aromatic N) is 2. The summed E-state index contributed by atoms with van der Waals surface area (Å²) in [5, 5.41) is 5.74. The molecule has 1 saturated carbocycles. The Morgan fingerprint density at radius 2 is 1.97 bits per heavy atom. The van der Waals surface area contributed by atoms with Gasteiger partial charge in [-0.05, 0) is 42.9 Å². The van der Waals surface area contributed by atoms with Crippen LogP contribution in [0.3, 0.4) is 0 Å². The van der Waals surface area contributed by atoms with Gasteiger partial charge in [-0.3, -0.25) is 19.3 Å². The third-order valence-corrected chi connectivity index (χ3v) is 6.91. The van der Waals surface area contributed by atoms with Crippen LogP contribution in [0.2, 0.25) is 0 Å². The van der Waals surface area contributed by atoms with Crippen LogP contribution in [0.25, 0.3) is 0 Å². The third-order valence-electron chi connectivity index (χ3n) is 6.91. The number of urea groups is 1. The first kappa shape index (κ1) is 22.3. The SMILES string of the molecule is CC(C)c1cccc(N2CC(C(=O)NCCCN3C(=O)NC4(CCCC4)C3=O)CC2=O)c1. The molecule has 2 saturated heterocycles. The van der Waals surface area contributed by atoms with E-state index in [9.17, 15) is 19.2 Å². The lowest BCUT2D eigenvalue weighted by Crippen LogP contribution is -2.44. The number of benzene rings is 1. The molecular formula is C24H32N4O4. The summed E-state index contributed by atoms with van der Waals surface area (Å²) in [6, 6.07) is 7.57. The first-order valence-corrected chi connectivity index (χ1v) is 11.6. The zero-order valence-electron chi connectivity index (χ0n) is 18.9. The molecule has 0 radical (unpaired) electrons. The number of anilines is 1. The molecule has 3 aliphatic rings. The summed E-state index contributed by atoms with van der Waals surface area (Å²) in [6.45, 7) is 5.21. The largest absolute Gasteiger partial charge is 0.356 e. The van der Waals surface area contributed by atoms with E-state index in [1.165, 1.54) is 4.90 Å². The van der Waals surface area contributed by atoms with E-state index in [1.807, 2.05) is 24.3 Å². The number of hydrogen-bond acceptors (Lipinski definition) is 4. The summed E-state index contributed by atoms with van der Waals surface area (Å²) in [7, 11) is 0. The van der Waals surface area contributed by atoms with Crippen LogP contribution in [-0.4, -0.2) is 53.8 Å². The maximum absolute atomic E-state index is 12.7. The number of carbonyl (C=O) groups is 4. The molecule has 1 atom stereocenters. The van der Waals surface area contributed by atoms with E-state index in [2.05, 4.69) is 24.5 Å². The Kier molecular flexibility index (Phi) is 6.22. The molecule has 8 heteroatoms. The van der Waals surface area contributed by atoms with Crippen molar-refractivity contribution in [3.05, 3.63) is 29.8 Å². The molecule has 2 N–H and O–H groups in total. The monoisotopic (exact) mass is 440 g/mol. The summed E-state index contributed by atoms with van der Waals surface area (Å²) in [5.41, 5.74) is 1.29. The molecule has 0 bridgehead atoms. The van der Waals surface area contributed by atoms with Crippen molar-refractivity contribution in [2.45, 2.75) is 63.8 Å². The fourth-order valence-electron chi connectivity index (χ4n) is 4.97. The average molecular weight is 441 g/mol. The van der Waals surface area contributed by atoms with E-state index in [-0.39, 0.29) is 36.7 Å². The number of amides is 5. The van der Waals surface area contributed by atoms with E-state index in [0.29, 0.717) is 38.3 Å². The molecule has 4 rings (SSSR count). The Labute approximate surface area is 188 Å². The zero-order valence-corrected chi connectivity index (χ0v) is 18.9. The summed E-state index contributed by atoms with van der Waals surface area (Å²) in [5.74, 6) is -0.381. The van der Waals surface area contributed by atoms with Gasteiger partial charge in [0.1, 0.15) is 5.54 Å². The second-order valence-electron chi connectivity index (χ2n) is 9.48. The predicted molar refractivity (Wildman–Crippen MR) is 120 cm³/mol. The summed E-state index contributed by atoms with van der Waals surface area (Å²) in [6.07, 6.45) is 3.99. The second kappa shape index (κ2) is 8.92. The number of rotatable bonds is 7. The van der Waals surface area contributed by atoms with Crippen LogP contribution in [0.4, 0.5) is 10.5 Å². The fraction of sp³-hybridized carbons (Fsp3) is 0.583. The Balaban J connectivity index is 1.25. The van der Waals surface area contributed by atoms with Crippen LogP contribution >= 0.6 is 0 Å². The molecule has 1 unspecified atom stereocenters. The third kappa shape index (κ3) is 4.23. The van der Waals surface area contributed by atoms with Gasteiger partial charge in [0.05, 0.1) is 5.92 Å². The number of carbonyl (C=O) groups excluding carboxylic acids is 4. The Bertz CT molecular complexity index is 922. The summed E-state index contributed by atoms with van der Waals surface area (Å²) < 4.78 is 0. The van der Waals surface area contributed by atoms with Gasteiger partial charge in [-0.1, -0.05) is 38.8 Å². The van der Waals surface area contributed by atoms with Crippen LogP contribution in [0.1, 0.15) is 63.9 Å². The molecular weight excluding hydrogens is 408 g/mol. The Hall–Kier alpha value is -2.90. The maximum Gasteiger partial charge on any atom is 0.325 e. The van der Waals surface area contributed by atoms with Crippen molar-refractivity contribution < 1.29 is 19.2 Å². The van der Waals surface area contributed by atoms with E-state index >= 15 is 0 Å². The van der Waals surface area contributed by atoms with Crippen molar-refractivity contribution in [1.82, 2.24) is 15.5 Å². The molecule has 8 nitrogen and oxygen atoms in total. The minimum Gasteiger partial charge on any atom is -0.356 e. The first-order chi connectivity index (χ1) is 15.3. The van der Waals surface area contributed by atoms with Gasteiger partial charge in [0, 0.05) is 31.7 Å². The highest BCUT2D eigenvalue weighted by Gasteiger charge is 2.52. The molecule has 0 aromatic heterocycles. The number of nitrogens with one attached hydrogen (secondary N) is 2. The first-order valence-electron chi connectivity index (χ1n) is 11.6. The minimum absolute atomic E-state index is 0.0488. The maximum atomic E-state index is 12.7. The van der Waals surface area contributed by atoms with Gasteiger partial charge >= 0.3 is 6.03 Å². The zero-order chi connectivity index (χ0) is 22.9. The highest BCUT2D eigenvalue weighted by atomic mass is 16.2. The van der Waals surface area contributed by atoms with E-state index in [1.54, 1.807) is 4.90 Å². The van der Waals surface area contributed by atoms with Crippen molar-refractivity contribution in [2.75, 3.05) is 24.5 Å². The van der Waals surface area contributed by atoms with Crippen molar-refractivity contribution in [1.29, 1.82) is 0 Å². The number of imide groups is 1. The molecule has 1 aliphatic carbocycles. The molecule has 32 heavy (non-hydrogen) atoms. The lowest BCUT2D eigenvalue weighted by Gasteiger charge is -2.20. The van der Waals surface area contributed by atoms with Gasteiger partial charge in [-0.2, -0.15) is 0 Å². The van der Waals surface area contributed by atoms with Crippen LogP contribution in [0.5, 0.6) is 0 Å². The molecule has 2 aliphatic heterocycles. The quantitative estimate of drug-likeness (QED) is 0.503. The van der Waals surface area contributed by atoms with Crippen molar-refractivity contribution in [3.8, 4) is 0 Å². The smallest absolute Gasteiger partial charge is 0.325 e. The molecule has 172 valence electrons. The topological polar surface area (TPSA) is 98.8 Å². The Morgan fingerprint density at radius 3 is 2.69 bits per heavy atom. The van der Waals surface area contributed by atoms with Gasteiger partial charge < -0.3 is 15.5 Å². The van der Waals surface area contributed by atoms with E-state index in [0.717, 1.165) is 24.1 Å². The van der Waals surface area contributed by atoms with Crippen molar-refractivity contribution in [3.63, 3.8) is 0 Å². The van der Waals surface area contributed by atoms with E-state index < -0.39 is 11.5 Å². The molecule has 3 fully saturated rings. The fourth-order valence-corrected chi connectivity index (χ4v) is 4.97. The molecule has 1 aromatic carbocycles. The standard InChI is InChI=1S/C24H32N4O4/c1-16(2)17-7-5-8-19(13-17)28-15-18(14-20(28)29)21(30)25-11-6-12-27-22(31)24(26-23(27)32)9-3-4-10-24/h5,7-8,13,16,18H,3-4,6,9-12,14-15H2,1-2H3,(H,25,30)(H,26,32). The lowest BCUT2D eigenvalue weighted by molar-refractivity contribution is -0.131. The summed E-state index contributed by atoms with van der Waals surface area (Å²) >= 11 is 0. The number of hydrogen-bond donors (Lipinski definition) is 2. The van der Waals surface area contributed by atoms with Gasteiger partial charge in [0.2, 0.25) is 11.8 Å².